The molecule has 1 aromatic rings. The van der Waals surface area contributed by atoms with Gasteiger partial charge in [0.2, 0.25) is 0 Å². The summed E-state index contributed by atoms with van der Waals surface area (Å²) in [5.74, 6) is 0.0751. The molecule has 0 saturated carbocycles. The Morgan fingerprint density at radius 2 is 2.15 bits per heavy atom. The number of nitrogens with two attached hydrogens (primary N) is 1. The number of carbonyl (C=O) groups is 1. The maximum Gasteiger partial charge on any atom is 0.252 e. The van der Waals surface area contributed by atoms with Crippen LogP contribution in [0.25, 0.3) is 0 Å². The molecule has 0 aliphatic heterocycles. The molecule has 0 unspecified atom stereocenters. The summed E-state index contributed by atoms with van der Waals surface area (Å²) < 4.78 is 0. The van der Waals surface area contributed by atoms with Crippen molar-refractivity contribution in [2.45, 2.75) is 46.5 Å². The highest BCUT2D eigenvalue weighted by atomic mass is 35.5. The summed E-state index contributed by atoms with van der Waals surface area (Å²) in [6.07, 6.45) is 6.17. The zero-order valence-electron chi connectivity index (χ0n) is 12.5. The Labute approximate surface area is 126 Å². The Hall–Kier alpha value is -1.29. The van der Waals surface area contributed by atoms with Crippen molar-refractivity contribution in [3.05, 3.63) is 22.8 Å². The second-order valence-electron chi connectivity index (χ2n) is 5.90. The minimum absolute atomic E-state index is 0.0931. The van der Waals surface area contributed by atoms with Crippen molar-refractivity contribution in [1.82, 2.24) is 10.3 Å². The molecule has 1 aromatic heterocycles. The average molecular weight is 298 g/mol. The third-order valence-corrected chi connectivity index (χ3v) is 3.62. The fraction of sp³-hybridized carbons (Fsp3) is 0.600. The maximum atomic E-state index is 12.0. The van der Waals surface area contributed by atoms with Gasteiger partial charge in [-0.25, -0.2) is 4.98 Å². The van der Waals surface area contributed by atoms with E-state index in [-0.39, 0.29) is 17.1 Å². The lowest BCUT2D eigenvalue weighted by atomic mass is 9.87. The Morgan fingerprint density at radius 3 is 2.75 bits per heavy atom. The standard InChI is InChI=1S/C15H24ClN3O/c1-4-5-6-7-15(2,3)10-19-14(20)11-8-12(16)13(17)18-9-11/h8-9H,4-7,10H2,1-3H3,(H2,17,18)(H,19,20). The van der Waals surface area contributed by atoms with Crippen LogP contribution in [-0.2, 0) is 0 Å². The largest absolute Gasteiger partial charge is 0.382 e. The molecule has 0 radical (unpaired) electrons. The predicted molar refractivity (Wildman–Crippen MR) is 83.9 cm³/mol. The first-order valence-corrected chi connectivity index (χ1v) is 7.43. The number of aromatic nitrogens is 1. The van der Waals surface area contributed by atoms with Crippen LogP contribution in [0, 0.1) is 5.41 Å². The number of carbonyl (C=O) groups excluding carboxylic acids is 1. The molecule has 0 atom stereocenters. The SMILES string of the molecule is CCCCCC(C)(C)CNC(=O)c1cnc(N)c(Cl)c1. The molecular formula is C15H24ClN3O. The van der Waals surface area contributed by atoms with Crippen LogP contribution < -0.4 is 11.1 Å². The lowest BCUT2D eigenvalue weighted by Gasteiger charge is -2.25. The van der Waals surface area contributed by atoms with Crippen LogP contribution in [0.1, 0.15) is 56.8 Å². The van der Waals surface area contributed by atoms with Gasteiger partial charge >= 0.3 is 0 Å². The molecule has 0 aliphatic rings. The smallest absolute Gasteiger partial charge is 0.252 e. The summed E-state index contributed by atoms with van der Waals surface area (Å²) in [5.41, 5.74) is 6.06. The van der Waals surface area contributed by atoms with Crippen molar-refractivity contribution in [3.63, 3.8) is 0 Å². The van der Waals surface area contributed by atoms with Crippen LogP contribution >= 0.6 is 11.6 Å². The van der Waals surface area contributed by atoms with E-state index in [1.807, 2.05) is 0 Å². The van der Waals surface area contributed by atoms with Gasteiger partial charge in [0.05, 0.1) is 10.6 Å². The van der Waals surface area contributed by atoms with Crippen molar-refractivity contribution < 1.29 is 4.79 Å². The molecule has 0 bridgehead atoms. The molecule has 1 rings (SSSR count). The van der Waals surface area contributed by atoms with Gasteiger partial charge in [0.1, 0.15) is 5.82 Å². The van der Waals surface area contributed by atoms with E-state index in [1.54, 1.807) is 6.07 Å². The van der Waals surface area contributed by atoms with Crippen molar-refractivity contribution >= 4 is 23.3 Å². The first-order valence-electron chi connectivity index (χ1n) is 7.05. The quantitative estimate of drug-likeness (QED) is 0.755. The number of nitrogens with one attached hydrogen (secondary N) is 1. The lowest BCUT2D eigenvalue weighted by molar-refractivity contribution is 0.0933. The monoisotopic (exact) mass is 297 g/mol. The summed E-state index contributed by atoms with van der Waals surface area (Å²) in [5, 5.41) is 3.24. The Balaban J connectivity index is 2.51. The molecule has 4 nitrogen and oxygen atoms in total. The van der Waals surface area contributed by atoms with Crippen molar-refractivity contribution in [1.29, 1.82) is 0 Å². The zero-order valence-corrected chi connectivity index (χ0v) is 13.3. The molecular weight excluding hydrogens is 274 g/mol. The molecule has 5 heteroatoms. The van der Waals surface area contributed by atoms with E-state index < -0.39 is 0 Å². The van der Waals surface area contributed by atoms with Gasteiger partial charge in [-0.3, -0.25) is 4.79 Å². The maximum absolute atomic E-state index is 12.0. The van der Waals surface area contributed by atoms with Crippen LogP contribution in [-0.4, -0.2) is 17.4 Å². The van der Waals surface area contributed by atoms with E-state index in [2.05, 4.69) is 31.1 Å². The van der Waals surface area contributed by atoms with E-state index in [9.17, 15) is 4.79 Å². The highest BCUT2D eigenvalue weighted by molar-refractivity contribution is 6.33. The van der Waals surface area contributed by atoms with Crippen LogP contribution in [0.4, 0.5) is 5.82 Å². The van der Waals surface area contributed by atoms with Crippen LogP contribution in [0.5, 0.6) is 0 Å². The molecule has 0 fully saturated rings. The fourth-order valence-corrected chi connectivity index (χ4v) is 2.10. The molecule has 1 amide bonds. The number of nitrogen functional groups attached to an aromatic ring is 1. The van der Waals surface area contributed by atoms with Crippen LogP contribution in [0.2, 0.25) is 5.02 Å². The molecule has 112 valence electrons. The Kier molecular flexibility index (Phi) is 6.27. The average Bonchev–Trinajstić information content (AvgIpc) is 2.39. The summed E-state index contributed by atoms with van der Waals surface area (Å²) in [6.45, 7) is 7.15. The van der Waals surface area contributed by atoms with Crippen molar-refractivity contribution in [2.75, 3.05) is 12.3 Å². The number of rotatable bonds is 7. The number of hydrogen-bond donors (Lipinski definition) is 2. The Bertz CT molecular complexity index is 460. The van der Waals surface area contributed by atoms with Crippen molar-refractivity contribution in [3.8, 4) is 0 Å². The molecule has 1 heterocycles. The highest BCUT2D eigenvalue weighted by Gasteiger charge is 2.19. The minimum Gasteiger partial charge on any atom is -0.382 e. The number of hydrogen-bond acceptors (Lipinski definition) is 3. The summed E-state index contributed by atoms with van der Waals surface area (Å²) in [4.78, 5) is 15.9. The van der Waals surface area contributed by atoms with E-state index in [0.717, 1.165) is 6.42 Å². The minimum atomic E-state index is -0.164. The number of nitrogens with zero attached hydrogens (tertiary/aromatic N) is 1. The normalized spacial score (nSPS) is 11.4. The number of halogens is 1. The molecule has 0 aromatic carbocycles. The van der Waals surface area contributed by atoms with Gasteiger partial charge in [-0.1, -0.05) is 51.6 Å². The third-order valence-electron chi connectivity index (χ3n) is 3.32. The summed E-state index contributed by atoms with van der Waals surface area (Å²) >= 11 is 5.86. The fourth-order valence-electron chi connectivity index (χ4n) is 1.94. The topological polar surface area (TPSA) is 68.0 Å². The number of unbranched alkanes of at least 4 members (excludes halogenated alkanes) is 2. The first-order chi connectivity index (χ1) is 9.35. The Morgan fingerprint density at radius 1 is 1.45 bits per heavy atom. The molecule has 0 saturated heterocycles. The lowest BCUT2D eigenvalue weighted by Crippen LogP contribution is -2.34. The second-order valence-corrected chi connectivity index (χ2v) is 6.30. The van der Waals surface area contributed by atoms with Gasteiger partial charge < -0.3 is 11.1 Å². The molecule has 3 N–H and O–H groups in total. The van der Waals surface area contributed by atoms with Gasteiger partial charge in [0.15, 0.2) is 0 Å². The zero-order chi connectivity index (χ0) is 15.2. The van der Waals surface area contributed by atoms with E-state index in [4.69, 9.17) is 17.3 Å². The molecule has 0 spiro atoms. The van der Waals surface area contributed by atoms with Gasteiger partial charge in [-0.2, -0.15) is 0 Å². The van der Waals surface area contributed by atoms with Crippen molar-refractivity contribution in [2.24, 2.45) is 5.41 Å². The second kappa shape index (κ2) is 7.48. The van der Waals surface area contributed by atoms with E-state index >= 15 is 0 Å². The third kappa shape index (κ3) is 5.37. The van der Waals surface area contributed by atoms with E-state index in [0.29, 0.717) is 17.1 Å². The number of pyridine rings is 1. The number of amides is 1. The van der Waals surface area contributed by atoms with Gasteiger partial charge in [0, 0.05) is 12.7 Å². The summed E-state index contributed by atoms with van der Waals surface area (Å²) in [6, 6.07) is 1.54. The number of anilines is 1. The van der Waals surface area contributed by atoms with Gasteiger partial charge in [-0.05, 0) is 17.9 Å². The van der Waals surface area contributed by atoms with Gasteiger partial charge in [-0.15, -0.1) is 0 Å². The summed E-state index contributed by atoms with van der Waals surface area (Å²) in [7, 11) is 0. The molecule has 20 heavy (non-hydrogen) atoms. The van der Waals surface area contributed by atoms with E-state index in [1.165, 1.54) is 25.5 Å². The first kappa shape index (κ1) is 16.8. The predicted octanol–water partition coefficient (Wildman–Crippen LogP) is 3.65. The van der Waals surface area contributed by atoms with Crippen LogP contribution in [0.3, 0.4) is 0 Å². The highest BCUT2D eigenvalue weighted by Crippen LogP contribution is 2.23. The van der Waals surface area contributed by atoms with Crippen LogP contribution in [0.15, 0.2) is 12.3 Å². The van der Waals surface area contributed by atoms with Gasteiger partial charge in [0.25, 0.3) is 5.91 Å². The molecule has 0 aliphatic carbocycles.